The average Bonchev–Trinajstić information content (AvgIpc) is 2.91. The van der Waals surface area contributed by atoms with Gasteiger partial charge in [-0.1, -0.05) is 43.9 Å². The van der Waals surface area contributed by atoms with Crippen molar-refractivity contribution in [2.45, 2.75) is 69.8 Å². The van der Waals surface area contributed by atoms with Gasteiger partial charge < -0.3 is 4.74 Å². The van der Waals surface area contributed by atoms with Crippen molar-refractivity contribution in [1.82, 2.24) is 0 Å². The molecule has 122 valence electrons. The van der Waals surface area contributed by atoms with Crippen molar-refractivity contribution in [1.29, 1.82) is 0 Å². The largest absolute Gasteiger partial charge is 0.494 e. The van der Waals surface area contributed by atoms with Gasteiger partial charge in [0.2, 0.25) is 9.84 Å². The van der Waals surface area contributed by atoms with Crippen LogP contribution < -0.4 is 0 Å². The zero-order valence-electron chi connectivity index (χ0n) is 13.5. The maximum atomic E-state index is 12.3. The summed E-state index contributed by atoms with van der Waals surface area (Å²) >= 11 is 0. The van der Waals surface area contributed by atoms with E-state index in [0.717, 1.165) is 31.2 Å². The van der Waals surface area contributed by atoms with Crippen LogP contribution in [0.15, 0.2) is 40.3 Å². The first-order chi connectivity index (χ1) is 10.5. The number of hydrogen-bond donors (Lipinski definition) is 0. The monoisotopic (exact) mass is 322 g/mol. The molecule has 0 amide bonds. The molecule has 1 aliphatic rings. The number of benzene rings is 1. The second-order valence-electron chi connectivity index (χ2n) is 6.07. The number of unbranched alkanes of at least 4 members (excludes halogenated alkanes) is 3. The molecule has 1 atom stereocenters. The summed E-state index contributed by atoms with van der Waals surface area (Å²) < 4.78 is 30.5. The molecule has 4 heteroatoms. The fourth-order valence-corrected chi connectivity index (χ4v) is 3.86. The van der Waals surface area contributed by atoms with E-state index in [9.17, 15) is 8.42 Å². The third-order valence-corrected chi connectivity index (χ3v) is 5.55. The predicted octanol–water partition coefficient (Wildman–Crippen LogP) is 4.76. The van der Waals surface area contributed by atoms with E-state index < -0.39 is 9.84 Å². The highest BCUT2D eigenvalue weighted by atomic mass is 32.2. The molecule has 0 bridgehead atoms. The van der Waals surface area contributed by atoms with E-state index in [-0.39, 0.29) is 6.10 Å². The van der Waals surface area contributed by atoms with Crippen molar-refractivity contribution < 1.29 is 13.2 Å². The molecule has 0 saturated carbocycles. The van der Waals surface area contributed by atoms with E-state index in [2.05, 4.69) is 6.92 Å². The van der Waals surface area contributed by atoms with Crippen LogP contribution in [0, 0.1) is 6.92 Å². The third kappa shape index (κ3) is 4.87. The van der Waals surface area contributed by atoms with Crippen LogP contribution in [0.3, 0.4) is 0 Å². The summed E-state index contributed by atoms with van der Waals surface area (Å²) in [4.78, 5) is 0.334. The molecule has 0 spiro atoms. The number of sulfone groups is 1. The molecule has 1 aliphatic heterocycles. The molecular formula is C18H26O3S. The summed E-state index contributed by atoms with van der Waals surface area (Å²) in [5.41, 5.74) is 1.05. The van der Waals surface area contributed by atoms with Gasteiger partial charge in [0.05, 0.1) is 16.4 Å². The lowest BCUT2D eigenvalue weighted by molar-refractivity contribution is 0.149. The molecule has 0 N–H and O–H groups in total. The van der Waals surface area contributed by atoms with E-state index >= 15 is 0 Å². The summed E-state index contributed by atoms with van der Waals surface area (Å²) in [7, 11) is -3.40. The summed E-state index contributed by atoms with van der Waals surface area (Å²) in [5.74, 6) is 0.612. The zero-order chi connectivity index (χ0) is 16.0. The van der Waals surface area contributed by atoms with Crippen LogP contribution in [-0.2, 0) is 14.6 Å². The predicted molar refractivity (Wildman–Crippen MR) is 89.3 cm³/mol. The van der Waals surface area contributed by atoms with Crippen LogP contribution in [0.2, 0.25) is 0 Å². The molecule has 22 heavy (non-hydrogen) atoms. The van der Waals surface area contributed by atoms with Gasteiger partial charge in [-0.15, -0.1) is 0 Å². The Labute approximate surface area is 134 Å². The minimum atomic E-state index is -3.40. The second kappa shape index (κ2) is 7.82. The van der Waals surface area contributed by atoms with Crippen LogP contribution in [0.1, 0.15) is 57.4 Å². The van der Waals surface area contributed by atoms with Gasteiger partial charge >= 0.3 is 0 Å². The molecule has 0 aliphatic carbocycles. The summed E-state index contributed by atoms with van der Waals surface area (Å²) in [5, 5.41) is 1.31. The van der Waals surface area contributed by atoms with Gasteiger partial charge in [-0.2, -0.15) is 0 Å². The van der Waals surface area contributed by atoms with E-state index in [4.69, 9.17) is 4.74 Å². The average molecular weight is 322 g/mol. The molecule has 1 aromatic carbocycles. The molecular weight excluding hydrogens is 296 g/mol. The first-order valence-electron chi connectivity index (χ1n) is 8.20. The fraction of sp³-hybridized carbons (Fsp3) is 0.556. The molecule has 2 rings (SSSR count). The summed E-state index contributed by atoms with van der Waals surface area (Å²) in [6.45, 7) is 4.14. The second-order valence-corrected chi connectivity index (χ2v) is 7.87. The Morgan fingerprint density at radius 2 is 1.91 bits per heavy atom. The lowest BCUT2D eigenvalue weighted by Gasteiger charge is -2.10. The highest BCUT2D eigenvalue weighted by Crippen LogP contribution is 2.28. The van der Waals surface area contributed by atoms with Gasteiger partial charge in [-0.3, -0.25) is 0 Å². The molecule has 0 radical (unpaired) electrons. The Bertz CT molecular complexity index is 600. The van der Waals surface area contributed by atoms with Crippen molar-refractivity contribution in [3.8, 4) is 0 Å². The van der Waals surface area contributed by atoms with Crippen molar-refractivity contribution in [3.05, 3.63) is 41.0 Å². The standard InChI is InChI=1S/C18H26O3S/c1-3-4-5-6-7-16-10-11-17(21-16)14-22(19,20)18-12-8-15(2)9-13-18/h8-9,12-14,16H,3-7,10-11H2,1-2H3/b17-14+. The molecule has 1 aromatic rings. The Hall–Kier alpha value is -1.29. The molecule has 3 nitrogen and oxygen atoms in total. The third-order valence-electron chi connectivity index (χ3n) is 4.05. The van der Waals surface area contributed by atoms with Gasteiger partial charge in [-0.05, 0) is 38.3 Å². The van der Waals surface area contributed by atoms with Crippen LogP contribution in [0.25, 0.3) is 0 Å². The van der Waals surface area contributed by atoms with Crippen molar-refractivity contribution in [2.75, 3.05) is 0 Å². The van der Waals surface area contributed by atoms with Gasteiger partial charge in [0, 0.05) is 6.42 Å². The number of rotatable bonds is 7. The van der Waals surface area contributed by atoms with E-state index in [0.29, 0.717) is 10.7 Å². The highest BCUT2D eigenvalue weighted by molar-refractivity contribution is 7.94. The van der Waals surface area contributed by atoms with Gasteiger partial charge in [0.15, 0.2) is 0 Å². The van der Waals surface area contributed by atoms with Crippen LogP contribution in [0.5, 0.6) is 0 Å². The Morgan fingerprint density at radius 3 is 2.59 bits per heavy atom. The Kier molecular flexibility index (Phi) is 6.07. The van der Waals surface area contributed by atoms with Crippen molar-refractivity contribution in [2.24, 2.45) is 0 Å². The van der Waals surface area contributed by atoms with Crippen molar-refractivity contribution >= 4 is 9.84 Å². The lowest BCUT2D eigenvalue weighted by atomic mass is 10.1. The molecule has 1 fully saturated rings. The number of aryl methyl sites for hydroxylation is 1. The van der Waals surface area contributed by atoms with Crippen LogP contribution in [0.4, 0.5) is 0 Å². The minimum Gasteiger partial charge on any atom is -0.494 e. The molecule has 1 unspecified atom stereocenters. The van der Waals surface area contributed by atoms with Crippen LogP contribution >= 0.6 is 0 Å². The molecule has 1 saturated heterocycles. The zero-order valence-corrected chi connectivity index (χ0v) is 14.4. The maximum absolute atomic E-state index is 12.3. The number of allylic oxidation sites excluding steroid dienone is 1. The van der Waals surface area contributed by atoms with Crippen molar-refractivity contribution in [3.63, 3.8) is 0 Å². The topological polar surface area (TPSA) is 43.4 Å². The first-order valence-corrected chi connectivity index (χ1v) is 9.75. The first kappa shape index (κ1) is 17.1. The molecule has 1 heterocycles. The SMILES string of the molecule is CCCCCCC1CC/C(=C\S(=O)(=O)c2ccc(C)cc2)O1. The normalized spacial score (nSPS) is 20.3. The van der Waals surface area contributed by atoms with Gasteiger partial charge in [-0.25, -0.2) is 8.42 Å². The quantitative estimate of drug-likeness (QED) is 0.680. The molecule has 0 aromatic heterocycles. The Balaban J connectivity index is 1.94. The number of ether oxygens (including phenoxy) is 1. The minimum absolute atomic E-state index is 0.191. The van der Waals surface area contributed by atoms with E-state index in [1.807, 2.05) is 19.1 Å². The smallest absolute Gasteiger partial charge is 0.203 e. The van der Waals surface area contributed by atoms with Gasteiger partial charge in [0.25, 0.3) is 0 Å². The summed E-state index contributed by atoms with van der Waals surface area (Å²) in [6, 6.07) is 6.94. The summed E-state index contributed by atoms with van der Waals surface area (Å²) in [6.07, 6.45) is 7.76. The van der Waals surface area contributed by atoms with E-state index in [1.54, 1.807) is 12.1 Å². The fourth-order valence-electron chi connectivity index (χ4n) is 2.69. The number of hydrogen-bond acceptors (Lipinski definition) is 3. The lowest BCUT2D eigenvalue weighted by Crippen LogP contribution is -2.04. The van der Waals surface area contributed by atoms with Crippen LogP contribution in [-0.4, -0.2) is 14.5 Å². The van der Waals surface area contributed by atoms with E-state index in [1.165, 1.54) is 24.7 Å². The van der Waals surface area contributed by atoms with Gasteiger partial charge in [0.1, 0.15) is 5.76 Å². The Morgan fingerprint density at radius 1 is 1.18 bits per heavy atom. The maximum Gasteiger partial charge on any atom is 0.203 e. The highest BCUT2D eigenvalue weighted by Gasteiger charge is 2.23.